The zero-order valence-corrected chi connectivity index (χ0v) is 17.0. The van der Waals surface area contributed by atoms with Crippen LogP contribution in [0.15, 0.2) is 89.6 Å². The molecule has 3 aromatic carbocycles. The fourth-order valence-electron chi connectivity index (χ4n) is 3.01. The van der Waals surface area contributed by atoms with Crippen molar-refractivity contribution in [3.63, 3.8) is 0 Å². The number of carbonyl (C=O) groups excluding carboxylic acids is 1. The normalized spacial score (nSPS) is 14.2. The van der Waals surface area contributed by atoms with Crippen LogP contribution in [0.25, 0.3) is 6.08 Å². The summed E-state index contributed by atoms with van der Waals surface area (Å²) in [5.74, 6) is 1.83. The van der Waals surface area contributed by atoms with Gasteiger partial charge in [-0.3, -0.25) is 0 Å². The highest BCUT2D eigenvalue weighted by Crippen LogP contribution is 2.26. The Morgan fingerprint density at radius 1 is 0.871 bits per heavy atom. The Labute approximate surface area is 180 Å². The first kappa shape index (κ1) is 20.2. The van der Waals surface area contributed by atoms with Gasteiger partial charge in [-0.1, -0.05) is 42.5 Å². The van der Waals surface area contributed by atoms with E-state index < -0.39 is 5.97 Å². The summed E-state index contributed by atoms with van der Waals surface area (Å²) >= 11 is 0. The molecule has 6 heteroatoms. The average molecular weight is 415 g/mol. The molecule has 156 valence electrons. The maximum absolute atomic E-state index is 12.2. The third-order valence-corrected chi connectivity index (χ3v) is 4.48. The summed E-state index contributed by atoms with van der Waals surface area (Å²) in [6, 6.07) is 24.2. The van der Waals surface area contributed by atoms with Crippen LogP contribution in [0, 0.1) is 0 Å². The molecule has 0 N–H and O–H groups in total. The predicted molar refractivity (Wildman–Crippen MR) is 117 cm³/mol. The number of esters is 1. The van der Waals surface area contributed by atoms with Crippen molar-refractivity contribution in [2.24, 2.45) is 4.99 Å². The predicted octanol–water partition coefficient (Wildman–Crippen LogP) is 4.50. The second-order valence-corrected chi connectivity index (χ2v) is 6.62. The Morgan fingerprint density at radius 3 is 2.42 bits per heavy atom. The van der Waals surface area contributed by atoms with Gasteiger partial charge in [-0.15, -0.1) is 0 Å². The Kier molecular flexibility index (Phi) is 6.28. The van der Waals surface area contributed by atoms with E-state index in [-0.39, 0.29) is 5.70 Å². The minimum atomic E-state index is -0.476. The van der Waals surface area contributed by atoms with Gasteiger partial charge in [0.25, 0.3) is 0 Å². The lowest BCUT2D eigenvalue weighted by molar-refractivity contribution is -0.129. The van der Waals surface area contributed by atoms with Crippen LogP contribution in [-0.2, 0) is 9.53 Å². The lowest BCUT2D eigenvalue weighted by Crippen LogP contribution is -2.09. The molecule has 0 fully saturated rings. The number of hydrogen-bond acceptors (Lipinski definition) is 6. The smallest absolute Gasteiger partial charge is 0.363 e. The van der Waals surface area contributed by atoms with Crippen molar-refractivity contribution in [2.75, 3.05) is 20.3 Å². The van der Waals surface area contributed by atoms with Gasteiger partial charge in [0.1, 0.15) is 19.0 Å². The molecule has 6 nitrogen and oxygen atoms in total. The van der Waals surface area contributed by atoms with Crippen LogP contribution in [0.2, 0.25) is 0 Å². The van der Waals surface area contributed by atoms with E-state index in [0.29, 0.717) is 36.4 Å². The largest absolute Gasteiger partial charge is 0.493 e. The first-order valence-electron chi connectivity index (χ1n) is 9.79. The molecule has 0 atom stereocenters. The van der Waals surface area contributed by atoms with Crippen LogP contribution >= 0.6 is 0 Å². The Hall–Kier alpha value is -4.06. The van der Waals surface area contributed by atoms with E-state index in [1.165, 1.54) is 0 Å². The highest BCUT2D eigenvalue weighted by atomic mass is 16.6. The summed E-state index contributed by atoms with van der Waals surface area (Å²) in [7, 11) is 1.60. The number of para-hydroxylation sites is 2. The van der Waals surface area contributed by atoms with E-state index in [0.717, 1.165) is 11.1 Å². The maximum atomic E-state index is 12.2. The van der Waals surface area contributed by atoms with Crippen molar-refractivity contribution < 1.29 is 23.7 Å². The second-order valence-electron chi connectivity index (χ2n) is 6.62. The highest BCUT2D eigenvalue weighted by molar-refractivity contribution is 6.12. The lowest BCUT2D eigenvalue weighted by Gasteiger charge is -2.11. The summed E-state index contributed by atoms with van der Waals surface area (Å²) in [6.45, 7) is 0.721. The summed E-state index contributed by atoms with van der Waals surface area (Å²) in [5.41, 5.74) is 1.79. The van der Waals surface area contributed by atoms with Crippen molar-refractivity contribution in [3.8, 4) is 17.2 Å². The number of methoxy groups -OCH3 is 1. The van der Waals surface area contributed by atoms with Gasteiger partial charge in [0, 0.05) is 5.56 Å². The molecule has 0 saturated heterocycles. The Morgan fingerprint density at radius 2 is 1.61 bits per heavy atom. The summed E-state index contributed by atoms with van der Waals surface area (Å²) in [4.78, 5) is 16.5. The van der Waals surface area contributed by atoms with E-state index >= 15 is 0 Å². The zero-order valence-electron chi connectivity index (χ0n) is 17.0. The van der Waals surface area contributed by atoms with Gasteiger partial charge in [-0.2, -0.15) is 0 Å². The molecule has 4 rings (SSSR count). The van der Waals surface area contributed by atoms with Crippen LogP contribution in [0.3, 0.4) is 0 Å². The molecular weight excluding hydrogens is 394 g/mol. The van der Waals surface area contributed by atoms with Crippen LogP contribution in [0.1, 0.15) is 11.1 Å². The van der Waals surface area contributed by atoms with Crippen molar-refractivity contribution in [1.82, 2.24) is 0 Å². The van der Waals surface area contributed by atoms with Gasteiger partial charge in [0.15, 0.2) is 17.2 Å². The minimum absolute atomic E-state index is 0.246. The number of aliphatic imine (C=N–C) groups is 1. The number of hydrogen-bond donors (Lipinski definition) is 0. The molecule has 1 heterocycles. The third kappa shape index (κ3) is 5.11. The van der Waals surface area contributed by atoms with E-state index in [9.17, 15) is 4.79 Å². The summed E-state index contributed by atoms with van der Waals surface area (Å²) in [6.07, 6.45) is 1.68. The topological polar surface area (TPSA) is 66.3 Å². The van der Waals surface area contributed by atoms with E-state index in [1.54, 1.807) is 13.2 Å². The molecule has 1 aliphatic rings. The SMILES string of the molecule is COc1ccccc1OCCOc1cccc(C=C2N=C(c3ccccc3)OC2=O)c1. The Bertz CT molecular complexity index is 1120. The summed E-state index contributed by atoms with van der Waals surface area (Å²) in [5, 5.41) is 0. The monoisotopic (exact) mass is 415 g/mol. The number of benzene rings is 3. The fourth-order valence-corrected chi connectivity index (χ4v) is 3.01. The van der Waals surface area contributed by atoms with Crippen molar-refractivity contribution in [3.05, 3.63) is 95.7 Å². The molecule has 0 spiro atoms. The molecular formula is C25H21NO5. The average Bonchev–Trinajstić information content (AvgIpc) is 3.18. The highest BCUT2D eigenvalue weighted by Gasteiger charge is 2.23. The third-order valence-electron chi connectivity index (χ3n) is 4.48. The van der Waals surface area contributed by atoms with Crippen LogP contribution < -0.4 is 14.2 Å². The zero-order chi connectivity index (χ0) is 21.5. The van der Waals surface area contributed by atoms with Crippen LogP contribution in [0.4, 0.5) is 0 Å². The van der Waals surface area contributed by atoms with Gasteiger partial charge < -0.3 is 18.9 Å². The first-order valence-corrected chi connectivity index (χ1v) is 9.79. The minimum Gasteiger partial charge on any atom is -0.493 e. The molecule has 31 heavy (non-hydrogen) atoms. The molecule has 1 aliphatic heterocycles. The molecule has 0 unspecified atom stereocenters. The van der Waals surface area contributed by atoms with Gasteiger partial charge in [0.2, 0.25) is 5.90 Å². The molecule has 0 aromatic heterocycles. The van der Waals surface area contributed by atoms with E-state index in [4.69, 9.17) is 18.9 Å². The van der Waals surface area contributed by atoms with Gasteiger partial charge in [0.05, 0.1) is 7.11 Å². The number of rotatable bonds is 8. The van der Waals surface area contributed by atoms with Crippen molar-refractivity contribution >= 4 is 17.9 Å². The number of nitrogens with zero attached hydrogens (tertiary/aromatic N) is 1. The fraction of sp³-hybridized carbons (Fsp3) is 0.120. The van der Waals surface area contributed by atoms with Crippen molar-refractivity contribution in [2.45, 2.75) is 0 Å². The van der Waals surface area contributed by atoms with Crippen molar-refractivity contribution in [1.29, 1.82) is 0 Å². The number of cyclic esters (lactones) is 1. The molecule has 0 aliphatic carbocycles. The quantitative estimate of drug-likeness (QED) is 0.308. The van der Waals surface area contributed by atoms with E-state index in [1.807, 2.05) is 78.9 Å². The number of ether oxygens (including phenoxy) is 4. The van der Waals surface area contributed by atoms with Crippen LogP contribution in [-0.4, -0.2) is 32.2 Å². The maximum Gasteiger partial charge on any atom is 0.363 e. The molecule has 0 bridgehead atoms. The van der Waals surface area contributed by atoms with Crippen LogP contribution in [0.5, 0.6) is 17.2 Å². The van der Waals surface area contributed by atoms with E-state index in [2.05, 4.69) is 4.99 Å². The van der Waals surface area contributed by atoms with Gasteiger partial charge >= 0.3 is 5.97 Å². The molecule has 0 radical (unpaired) electrons. The lowest BCUT2D eigenvalue weighted by atomic mass is 10.2. The molecule has 0 amide bonds. The standard InChI is InChI=1S/C25H21NO5/c1-28-22-12-5-6-13-23(22)30-15-14-29-20-11-7-8-18(16-20)17-21-25(27)31-24(26-21)19-9-3-2-4-10-19/h2-13,16-17H,14-15H2,1H3. The molecule has 0 saturated carbocycles. The summed E-state index contributed by atoms with van der Waals surface area (Å²) < 4.78 is 22.0. The second kappa shape index (κ2) is 9.63. The number of carbonyl (C=O) groups is 1. The Balaban J connectivity index is 1.38. The van der Waals surface area contributed by atoms with Gasteiger partial charge in [-0.05, 0) is 48.0 Å². The van der Waals surface area contributed by atoms with Gasteiger partial charge in [-0.25, -0.2) is 9.79 Å². The first-order chi connectivity index (χ1) is 15.2. The molecule has 3 aromatic rings.